The van der Waals surface area contributed by atoms with Crippen LogP contribution < -0.4 is 10.6 Å². The molecule has 2 aromatic heterocycles. The van der Waals surface area contributed by atoms with Crippen molar-refractivity contribution in [1.29, 1.82) is 21.3 Å². The summed E-state index contributed by atoms with van der Waals surface area (Å²) in [6, 6.07) is 7.06. The first kappa shape index (κ1) is 22.1. The van der Waals surface area contributed by atoms with Gasteiger partial charge in [0, 0.05) is 25.5 Å². The number of hydrogen-bond acceptors (Lipinski definition) is 6. The summed E-state index contributed by atoms with van der Waals surface area (Å²) in [6.07, 6.45) is 13.7. The molecule has 154 valence electrons. The van der Waals surface area contributed by atoms with Gasteiger partial charge < -0.3 is 10.6 Å². The van der Waals surface area contributed by atoms with Crippen LogP contribution in [0.3, 0.4) is 0 Å². The van der Waals surface area contributed by atoms with Gasteiger partial charge in [0.25, 0.3) is 0 Å². The Kier molecular flexibility index (Phi) is 9.08. The van der Waals surface area contributed by atoms with Gasteiger partial charge in [-0.3, -0.25) is 20.8 Å². The molecule has 2 heterocycles. The maximum absolute atomic E-state index is 9.27. The molecule has 0 amide bonds. The summed E-state index contributed by atoms with van der Waals surface area (Å²) >= 11 is 0. The van der Waals surface area contributed by atoms with Crippen LogP contribution in [0.25, 0.3) is 0 Å². The standard InChI is InChI=1S/C20H24N10/c21-15-29(19(23)27-17-7-5-9-25-13-17)11-3-1-2-4-12-30(16-22)20(24)28-18-8-6-10-26-14-18/h5-10,13-14H,1-4,11-12H2,(H2,23,27)(H2,24,28). The average molecular weight is 404 g/mol. The molecule has 0 bridgehead atoms. The number of pyridine rings is 2. The summed E-state index contributed by atoms with van der Waals surface area (Å²) in [6.45, 7) is 0.867. The van der Waals surface area contributed by atoms with E-state index in [2.05, 4.69) is 20.6 Å². The van der Waals surface area contributed by atoms with Crippen LogP contribution in [-0.4, -0.2) is 44.8 Å². The van der Waals surface area contributed by atoms with Crippen molar-refractivity contribution in [2.75, 3.05) is 23.7 Å². The molecule has 0 aliphatic rings. The predicted molar refractivity (Wildman–Crippen MR) is 114 cm³/mol. The molecule has 0 radical (unpaired) electrons. The number of rotatable bonds is 9. The monoisotopic (exact) mass is 404 g/mol. The number of guanidine groups is 2. The van der Waals surface area contributed by atoms with E-state index in [0.29, 0.717) is 24.5 Å². The Bertz CT molecular complexity index is 810. The second kappa shape index (κ2) is 12.3. The minimum Gasteiger partial charge on any atom is -0.324 e. The van der Waals surface area contributed by atoms with Gasteiger partial charge in [-0.1, -0.05) is 12.8 Å². The van der Waals surface area contributed by atoms with Crippen LogP contribution in [0.4, 0.5) is 11.4 Å². The fourth-order valence-electron chi connectivity index (χ4n) is 2.60. The molecule has 0 spiro atoms. The second-order valence-corrected chi connectivity index (χ2v) is 6.35. The van der Waals surface area contributed by atoms with Crippen LogP contribution in [-0.2, 0) is 0 Å². The van der Waals surface area contributed by atoms with Crippen LogP contribution in [0.2, 0.25) is 0 Å². The van der Waals surface area contributed by atoms with E-state index in [1.807, 2.05) is 12.4 Å². The van der Waals surface area contributed by atoms with Crippen molar-refractivity contribution >= 4 is 23.3 Å². The molecular formula is C20H24N10. The molecule has 0 fully saturated rings. The molecule has 4 N–H and O–H groups in total. The van der Waals surface area contributed by atoms with Crippen LogP contribution in [0.1, 0.15) is 25.7 Å². The van der Waals surface area contributed by atoms with Crippen molar-refractivity contribution in [2.45, 2.75) is 25.7 Å². The lowest BCUT2D eigenvalue weighted by Crippen LogP contribution is -2.33. The molecule has 10 nitrogen and oxygen atoms in total. The lowest BCUT2D eigenvalue weighted by Gasteiger charge is -2.18. The van der Waals surface area contributed by atoms with E-state index in [9.17, 15) is 10.5 Å². The zero-order valence-electron chi connectivity index (χ0n) is 16.5. The average Bonchev–Trinajstić information content (AvgIpc) is 2.77. The van der Waals surface area contributed by atoms with E-state index in [4.69, 9.17) is 10.8 Å². The number of anilines is 2. The van der Waals surface area contributed by atoms with Gasteiger partial charge in [-0.25, -0.2) is 9.80 Å². The topological polar surface area (TPSA) is 152 Å². The minimum absolute atomic E-state index is 0.0103. The Hall–Kier alpha value is -4.18. The van der Waals surface area contributed by atoms with Gasteiger partial charge in [0.2, 0.25) is 11.9 Å². The Morgan fingerprint density at radius 1 is 0.800 bits per heavy atom. The van der Waals surface area contributed by atoms with E-state index in [0.717, 1.165) is 25.7 Å². The Labute approximate surface area is 175 Å². The first-order chi connectivity index (χ1) is 14.6. The first-order valence-electron chi connectivity index (χ1n) is 9.49. The molecule has 0 aliphatic heterocycles. The molecule has 30 heavy (non-hydrogen) atoms. The molecule has 0 saturated heterocycles. The first-order valence-corrected chi connectivity index (χ1v) is 9.49. The Morgan fingerprint density at radius 2 is 1.23 bits per heavy atom. The van der Waals surface area contributed by atoms with E-state index >= 15 is 0 Å². The smallest absolute Gasteiger partial charge is 0.209 e. The van der Waals surface area contributed by atoms with Crippen molar-refractivity contribution < 1.29 is 0 Å². The molecule has 0 aliphatic carbocycles. The highest BCUT2D eigenvalue weighted by molar-refractivity contribution is 5.92. The van der Waals surface area contributed by atoms with E-state index < -0.39 is 0 Å². The Balaban J connectivity index is 1.65. The number of nitrogens with one attached hydrogen (secondary N) is 4. The number of hydrogen-bond donors (Lipinski definition) is 4. The van der Waals surface area contributed by atoms with Crippen LogP contribution in [0.5, 0.6) is 0 Å². The van der Waals surface area contributed by atoms with Gasteiger partial charge in [-0.15, -0.1) is 0 Å². The normalized spacial score (nSPS) is 9.67. The Morgan fingerprint density at radius 3 is 1.57 bits per heavy atom. The van der Waals surface area contributed by atoms with E-state index in [1.165, 1.54) is 9.80 Å². The number of nitrogens with zero attached hydrogens (tertiary/aromatic N) is 6. The fraction of sp³-hybridized carbons (Fsp3) is 0.300. The predicted octanol–water partition coefficient (Wildman–Crippen LogP) is 3.00. The summed E-state index contributed by atoms with van der Waals surface area (Å²) in [4.78, 5) is 10.5. The summed E-state index contributed by atoms with van der Waals surface area (Å²) in [5, 5.41) is 40.2. The van der Waals surface area contributed by atoms with Gasteiger partial charge in [0.1, 0.15) is 0 Å². The molecule has 0 unspecified atom stereocenters. The van der Waals surface area contributed by atoms with Crippen molar-refractivity contribution in [3.63, 3.8) is 0 Å². The van der Waals surface area contributed by atoms with Gasteiger partial charge in [-0.2, -0.15) is 10.5 Å². The summed E-state index contributed by atoms with van der Waals surface area (Å²) in [5.74, 6) is 0.0205. The summed E-state index contributed by atoms with van der Waals surface area (Å²) in [7, 11) is 0. The van der Waals surface area contributed by atoms with Crippen LogP contribution in [0.15, 0.2) is 49.1 Å². The minimum atomic E-state index is 0.0103. The number of unbranched alkanes of at least 4 members (excludes halogenated alkanes) is 3. The van der Waals surface area contributed by atoms with Crippen molar-refractivity contribution in [2.24, 2.45) is 0 Å². The van der Waals surface area contributed by atoms with Crippen molar-refractivity contribution in [3.8, 4) is 12.4 Å². The third-order valence-electron chi connectivity index (χ3n) is 4.14. The number of nitriles is 2. The molecule has 2 aromatic rings. The van der Waals surface area contributed by atoms with Gasteiger partial charge in [0.05, 0.1) is 23.8 Å². The maximum atomic E-state index is 9.27. The maximum Gasteiger partial charge on any atom is 0.209 e. The van der Waals surface area contributed by atoms with Gasteiger partial charge >= 0.3 is 0 Å². The van der Waals surface area contributed by atoms with Crippen molar-refractivity contribution in [3.05, 3.63) is 49.1 Å². The van der Waals surface area contributed by atoms with Gasteiger partial charge in [-0.05, 0) is 37.1 Å². The highest BCUT2D eigenvalue weighted by atomic mass is 15.3. The highest BCUT2D eigenvalue weighted by Gasteiger charge is 2.11. The van der Waals surface area contributed by atoms with Crippen molar-refractivity contribution in [1.82, 2.24) is 19.8 Å². The van der Waals surface area contributed by atoms with Gasteiger partial charge in [0.15, 0.2) is 12.4 Å². The van der Waals surface area contributed by atoms with E-state index in [-0.39, 0.29) is 11.9 Å². The zero-order valence-corrected chi connectivity index (χ0v) is 16.5. The third-order valence-corrected chi connectivity index (χ3v) is 4.14. The summed E-state index contributed by atoms with van der Waals surface area (Å²) in [5.41, 5.74) is 1.31. The molecule has 0 atom stereocenters. The molecular weight excluding hydrogens is 380 g/mol. The molecule has 0 aromatic carbocycles. The molecule has 0 saturated carbocycles. The largest absolute Gasteiger partial charge is 0.324 e. The van der Waals surface area contributed by atoms with Crippen LogP contribution >= 0.6 is 0 Å². The van der Waals surface area contributed by atoms with Crippen LogP contribution in [0, 0.1) is 33.7 Å². The molecule has 2 rings (SSSR count). The highest BCUT2D eigenvalue weighted by Crippen LogP contribution is 2.08. The lowest BCUT2D eigenvalue weighted by atomic mass is 10.2. The number of aromatic nitrogens is 2. The third kappa shape index (κ3) is 7.44. The zero-order chi connectivity index (χ0) is 21.6. The SMILES string of the molecule is N#CN(CCCCCCN(C#N)C(=N)Nc1cccnc1)C(=N)Nc1cccnc1. The fourth-order valence-corrected chi connectivity index (χ4v) is 2.60. The summed E-state index contributed by atoms with van der Waals surface area (Å²) < 4.78 is 0. The lowest BCUT2D eigenvalue weighted by molar-refractivity contribution is 0.484. The van der Waals surface area contributed by atoms with E-state index in [1.54, 1.807) is 49.1 Å². The second-order valence-electron chi connectivity index (χ2n) is 6.35. The quantitative estimate of drug-likeness (QED) is 0.164. The molecule has 10 heteroatoms.